The molecule has 0 aromatic heterocycles. The fourth-order valence-electron chi connectivity index (χ4n) is 3.53. The van der Waals surface area contributed by atoms with E-state index in [4.69, 9.17) is 0 Å². The van der Waals surface area contributed by atoms with E-state index in [0.717, 1.165) is 12.8 Å². The molecule has 0 aliphatic rings. The van der Waals surface area contributed by atoms with Crippen molar-refractivity contribution in [2.45, 2.75) is 33.2 Å². The van der Waals surface area contributed by atoms with Crippen molar-refractivity contribution in [3.63, 3.8) is 0 Å². The molecule has 170 valence electrons. The molecule has 0 bridgehead atoms. The van der Waals surface area contributed by atoms with Gasteiger partial charge in [0.05, 0.1) is 0 Å². The van der Waals surface area contributed by atoms with Gasteiger partial charge in [-0.15, -0.1) is 81.2 Å². The van der Waals surface area contributed by atoms with Gasteiger partial charge in [0.2, 0.25) is 0 Å². The average molecular weight is 656 g/mol. The van der Waals surface area contributed by atoms with E-state index in [1.807, 2.05) is 0 Å². The second-order valence-electron chi connectivity index (χ2n) is 7.68. The van der Waals surface area contributed by atoms with Gasteiger partial charge in [0.25, 0.3) is 0 Å². The van der Waals surface area contributed by atoms with E-state index in [1.54, 1.807) is 5.19 Å². The van der Waals surface area contributed by atoms with Crippen LogP contribution in [0.1, 0.15) is 25.0 Å². The van der Waals surface area contributed by atoms with Crippen molar-refractivity contribution in [3.8, 4) is 0 Å². The summed E-state index contributed by atoms with van der Waals surface area (Å²) in [5.41, 5.74) is 2.80. The van der Waals surface area contributed by atoms with E-state index >= 15 is 0 Å². The monoisotopic (exact) mass is 656 g/mol. The minimum absolute atomic E-state index is 0. The molecule has 0 saturated carbocycles. The normalized spacial score (nSPS) is 9.61. The molecule has 4 heteroatoms. The molecule has 0 heterocycles. The number of hydrogen-bond acceptors (Lipinski definition) is 0. The summed E-state index contributed by atoms with van der Waals surface area (Å²) in [6, 6.07) is 36.8. The Balaban J connectivity index is 0.000000242. The molecule has 5 aromatic rings. The van der Waals surface area contributed by atoms with Gasteiger partial charge in [-0.1, -0.05) is 26.0 Å². The summed E-state index contributed by atoms with van der Waals surface area (Å²) in [6.45, 7) is 6.74. The van der Waals surface area contributed by atoms with Gasteiger partial charge < -0.3 is 24.8 Å². The Morgan fingerprint density at radius 2 is 1.03 bits per heavy atom. The Morgan fingerprint density at radius 1 is 0.636 bits per heavy atom. The van der Waals surface area contributed by atoms with Crippen molar-refractivity contribution in [1.29, 1.82) is 0 Å². The van der Waals surface area contributed by atoms with E-state index in [9.17, 15) is 0 Å². The molecule has 33 heavy (non-hydrogen) atoms. The van der Waals surface area contributed by atoms with Crippen LogP contribution in [0.4, 0.5) is 0 Å². The van der Waals surface area contributed by atoms with Crippen molar-refractivity contribution in [1.82, 2.24) is 0 Å². The number of rotatable bonds is 3. The molecule has 0 atom stereocenters. The number of fused-ring (bicyclic) bond motifs is 2. The van der Waals surface area contributed by atoms with Crippen LogP contribution in [0.2, 0.25) is 6.55 Å². The first-order chi connectivity index (χ1) is 15.1. The topological polar surface area (TPSA) is 0 Å². The van der Waals surface area contributed by atoms with Crippen molar-refractivity contribution in [3.05, 3.63) is 114 Å². The van der Waals surface area contributed by atoms with E-state index in [1.165, 1.54) is 55.7 Å². The molecule has 0 N–H and O–H groups in total. The smallest absolute Gasteiger partial charge is 1.00 e. The van der Waals surface area contributed by atoms with Gasteiger partial charge in [-0.2, -0.15) is 12.1 Å². The SMILES string of the molecule is CCc1cc2ccccc2[cH-]1.CCc1cc2ccccc2[cH-]1.C[Si](=[Hf+2])c1ccccc1.[Cl-].[Cl-]. The number of hydrogen-bond donors (Lipinski definition) is 0. The van der Waals surface area contributed by atoms with E-state index in [-0.39, 0.29) is 30.3 Å². The predicted molar refractivity (Wildman–Crippen MR) is 136 cm³/mol. The zero-order valence-corrected chi connectivity index (χ0v) is 25.6. The van der Waals surface area contributed by atoms with Crippen LogP contribution in [0.25, 0.3) is 21.5 Å². The maximum absolute atomic E-state index is 2.37. The van der Waals surface area contributed by atoms with Crippen LogP contribution in [0.3, 0.4) is 0 Å². The standard InChI is InChI=1S/2C11H11.C7H8Si.2ClH.Hf/c2*1-2-9-7-10-5-3-4-6-11(10)8-9;1-8-7-5-3-2-4-6-7;;;/h2*3-8H,2H2,1H3;2-6H,1H3;2*1H;/q2*-1;;;;+2/p-2. The Hall–Kier alpha value is -1.45. The molecule has 5 rings (SSSR count). The van der Waals surface area contributed by atoms with Crippen LogP contribution in [0, 0.1) is 0 Å². The first-order valence-corrected chi connectivity index (χ1v) is 18.4. The molecule has 0 unspecified atom stereocenters. The summed E-state index contributed by atoms with van der Waals surface area (Å²) in [5, 5.41) is 7.04. The molecule has 0 fully saturated rings. The summed E-state index contributed by atoms with van der Waals surface area (Å²) in [5.74, 6) is 0. The van der Waals surface area contributed by atoms with Crippen LogP contribution >= 0.6 is 0 Å². The molecule has 0 radical (unpaired) electrons. The Bertz CT molecular complexity index is 1100. The zero-order chi connectivity index (χ0) is 22.1. The third-order valence-corrected chi connectivity index (χ3v) is 9.69. The number of benzene rings is 3. The van der Waals surface area contributed by atoms with Gasteiger partial charge >= 0.3 is 70.6 Å². The summed E-state index contributed by atoms with van der Waals surface area (Å²) in [4.78, 5) is 0. The number of aryl methyl sites for hydroxylation is 2. The van der Waals surface area contributed by atoms with Crippen LogP contribution < -0.4 is 30.0 Å². The third-order valence-electron chi connectivity index (χ3n) is 5.38. The van der Waals surface area contributed by atoms with Crippen molar-refractivity contribution in [2.24, 2.45) is 0 Å². The maximum Gasteiger partial charge on any atom is -1.00 e. The molecule has 5 aromatic carbocycles. The average Bonchev–Trinajstić information content (AvgIpc) is 3.44. The second-order valence-corrected chi connectivity index (χ2v) is 17.6. The molecule has 0 aliphatic carbocycles. The molecule has 0 spiro atoms. The number of halogens is 2. The van der Waals surface area contributed by atoms with Gasteiger partial charge in [-0.25, -0.2) is 0 Å². The van der Waals surface area contributed by atoms with Gasteiger partial charge in [-0.05, 0) is 12.8 Å². The zero-order valence-electron chi connectivity index (χ0n) is 19.5. The third kappa shape index (κ3) is 9.02. The summed E-state index contributed by atoms with van der Waals surface area (Å²) in [7, 11) is 0. The molecular formula is C29H30Cl2HfSi-2. The van der Waals surface area contributed by atoms with Gasteiger partial charge in [0.1, 0.15) is 0 Å². The Labute approximate surface area is 226 Å². The fraction of sp³-hybridized carbons (Fsp3) is 0.172. The maximum atomic E-state index is 2.37. The van der Waals surface area contributed by atoms with E-state index in [0.29, 0.717) is 0 Å². The van der Waals surface area contributed by atoms with E-state index in [2.05, 4.69) is 124 Å². The van der Waals surface area contributed by atoms with Crippen molar-refractivity contribution in [2.75, 3.05) is 0 Å². The van der Waals surface area contributed by atoms with Crippen LogP contribution in [-0.2, 0) is 35.8 Å². The first-order valence-electron chi connectivity index (χ1n) is 11.0. The Morgan fingerprint density at radius 3 is 1.36 bits per heavy atom. The summed E-state index contributed by atoms with van der Waals surface area (Å²) in [6.07, 6.45) is 2.27. The fourth-order valence-corrected chi connectivity index (χ4v) is 6.02. The minimum atomic E-state index is -0.0733. The van der Waals surface area contributed by atoms with E-state index < -0.39 is 0 Å². The molecule has 0 nitrogen and oxygen atoms in total. The van der Waals surface area contributed by atoms with Gasteiger partial charge in [0, 0.05) is 0 Å². The van der Waals surface area contributed by atoms with Crippen LogP contribution in [-0.4, -0.2) is 5.49 Å². The quantitative estimate of drug-likeness (QED) is 0.203. The second kappa shape index (κ2) is 15.4. The molecule has 0 aliphatic heterocycles. The predicted octanol–water partition coefficient (Wildman–Crippen LogP) is 1.31. The first kappa shape index (κ1) is 29.6. The Kier molecular flexibility index (Phi) is 13.8. The molecule has 0 saturated heterocycles. The van der Waals surface area contributed by atoms with Crippen LogP contribution in [0.5, 0.6) is 0 Å². The largest absolute Gasteiger partial charge is 1.00 e. The molecular weight excluding hydrogens is 626 g/mol. The molecule has 0 amide bonds. The van der Waals surface area contributed by atoms with Crippen molar-refractivity contribution >= 4 is 32.2 Å². The van der Waals surface area contributed by atoms with Crippen LogP contribution in [0.15, 0.2) is 103 Å². The summed E-state index contributed by atoms with van der Waals surface area (Å²) >= 11 is 1.36. The van der Waals surface area contributed by atoms with Gasteiger partial charge in [0.15, 0.2) is 0 Å². The van der Waals surface area contributed by atoms with Crippen molar-refractivity contribution < 1.29 is 47.8 Å². The minimum Gasteiger partial charge on any atom is -1.00 e. The summed E-state index contributed by atoms with van der Waals surface area (Å²) < 4.78 is 0. The van der Waals surface area contributed by atoms with Gasteiger partial charge in [-0.3, -0.25) is 0 Å².